The van der Waals surface area contributed by atoms with E-state index >= 15 is 0 Å². The van der Waals surface area contributed by atoms with Crippen molar-refractivity contribution in [2.24, 2.45) is 0 Å². The average Bonchev–Trinajstić information content (AvgIpc) is 2.87. The number of anilines is 1. The third-order valence-electron chi connectivity index (χ3n) is 4.43. The zero-order valence-corrected chi connectivity index (χ0v) is 17.4. The van der Waals surface area contributed by atoms with Crippen molar-refractivity contribution >= 4 is 52.3 Å². The van der Waals surface area contributed by atoms with Crippen molar-refractivity contribution < 1.29 is 14.4 Å². The number of benzene rings is 2. The fourth-order valence-corrected chi connectivity index (χ4v) is 3.30. The van der Waals surface area contributed by atoms with E-state index in [1.54, 1.807) is 30.3 Å². The molecule has 1 saturated heterocycles. The highest BCUT2D eigenvalue weighted by Crippen LogP contribution is 2.19. The van der Waals surface area contributed by atoms with Gasteiger partial charge in [0.2, 0.25) is 5.91 Å². The number of carbonyl (C=O) groups excluding carboxylic acids is 3. The number of rotatable bonds is 5. The molecule has 0 aliphatic carbocycles. The molecule has 2 aromatic carbocycles. The van der Waals surface area contributed by atoms with Crippen LogP contribution in [0.2, 0.25) is 5.02 Å². The number of halogens is 1. The average molecular weight is 431 g/mol. The van der Waals surface area contributed by atoms with Crippen LogP contribution in [0.1, 0.15) is 22.3 Å². The van der Waals surface area contributed by atoms with E-state index in [4.69, 9.17) is 23.8 Å². The number of amides is 3. The number of hydrogen-bond donors (Lipinski definition) is 2. The zero-order chi connectivity index (χ0) is 21.1. The van der Waals surface area contributed by atoms with E-state index in [1.807, 2.05) is 25.1 Å². The highest BCUT2D eigenvalue weighted by Gasteiger charge is 2.42. The van der Waals surface area contributed by atoms with Gasteiger partial charge in [0, 0.05) is 23.3 Å². The van der Waals surface area contributed by atoms with Crippen molar-refractivity contribution in [2.45, 2.75) is 19.4 Å². The predicted octanol–water partition coefficient (Wildman–Crippen LogP) is 2.75. The maximum Gasteiger partial charge on any atom is 0.269 e. The molecular weight excluding hydrogens is 412 g/mol. The molecule has 150 valence electrons. The summed E-state index contributed by atoms with van der Waals surface area (Å²) in [5, 5.41) is 4.63. The van der Waals surface area contributed by atoms with Gasteiger partial charge in [-0.3, -0.25) is 24.7 Å². The van der Waals surface area contributed by atoms with Crippen LogP contribution in [0.3, 0.4) is 0 Å². The van der Waals surface area contributed by atoms with Crippen molar-refractivity contribution in [3.05, 3.63) is 64.7 Å². The fourth-order valence-electron chi connectivity index (χ4n) is 2.91. The first-order chi connectivity index (χ1) is 13.8. The molecule has 1 unspecified atom stereocenters. The van der Waals surface area contributed by atoms with Gasteiger partial charge in [0.25, 0.3) is 11.8 Å². The quantitative estimate of drug-likeness (QED) is 0.713. The summed E-state index contributed by atoms with van der Waals surface area (Å²) in [4.78, 5) is 38.9. The number of hydrogen-bond acceptors (Lipinski definition) is 4. The second-order valence-corrected chi connectivity index (χ2v) is 7.44. The smallest absolute Gasteiger partial charge is 0.269 e. The van der Waals surface area contributed by atoms with Gasteiger partial charge in [0.1, 0.15) is 6.04 Å². The van der Waals surface area contributed by atoms with Crippen LogP contribution in [-0.4, -0.2) is 45.8 Å². The highest BCUT2D eigenvalue weighted by molar-refractivity contribution is 7.80. The largest absolute Gasteiger partial charge is 0.326 e. The summed E-state index contributed by atoms with van der Waals surface area (Å²) in [6.07, 6.45) is -0.168. The molecular formula is C20H19ClN4O3S. The van der Waals surface area contributed by atoms with Gasteiger partial charge in [0.05, 0.1) is 6.42 Å². The number of aryl methyl sites for hydroxylation is 1. The Balaban J connectivity index is 1.73. The Kier molecular flexibility index (Phi) is 6.14. The molecule has 1 fully saturated rings. The van der Waals surface area contributed by atoms with E-state index in [-0.39, 0.29) is 23.3 Å². The van der Waals surface area contributed by atoms with E-state index in [9.17, 15) is 14.4 Å². The number of nitrogens with zero attached hydrogens (tertiary/aromatic N) is 2. The molecule has 0 bridgehead atoms. The molecule has 3 rings (SSSR count). The van der Waals surface area contributed by atoms with E-state index < -0.39 is 11.9 Å². The summed E-state index contributed by atoms with van der Waals surface area (Å²) in [6.45, 7) is 1.91. The molecule has 1 heterocycles. The van der Waals surface area contributed by atoms with Gasteiger partial charge in [-0.05, 0) is 61.1 Å². The Morgan fingerprint density at radius 3 is 2.52 bits per heavy atom. The lowest BCUT2D eigenvalue weighted by atomic mass is 10.1. The van der Waals surface area contributed by atoms with Gasteiger partial charge in [-0.2, -0.15) is 0 Å². The minimum Gasteiger partial charge on any atom is -0.326 e. The van der Waals surface area contributed by atoms with E-state index in [1.165, 1.54) is 17.0 Å². The molecule has 0 saturated carbocycles. The van der Waals surface area contributed by atoms with E-state index in [0.29, 0.717) is 16.3 Å². The molecule has 3 amide bonds. The monoisotopic (exact) mass is 430 g/mol. The highest BCUT2D eigenvalue weighted by atomic mass is 35.5. The number of thiocarbonyl (C=S) groups is 1. The molecule has 7 nitrogen and oxygen atoms in total. The maximum atomic E-state index is 12.6. The predicted molar refractivity (Wildman–Crippen MR) is 114 cm³/mol. The minimum absolute atomic E-state index is 0.116. The van der Waals surface area contributed by atoms with Gasteiger partial charge < -0.3 is 5.32 Å². The molecule has 1 atom stereocenters. The summed E-state index contributed by atoms with van der Waals surface area (Å²) < 4.78 is 0. The molecule has 9 heteroatoms. The van der Waals surface area contributed by atoms with Crippen LogP contribution >= 0.6 is 23.8 Å². The van der Waals surface area contributed by atoms with Gasteiger partial charge in [-0.1, -0.05) is 23.7 Å². The first-order valence-corrected chi connectivity index (χ1v) is 9.58. The molecule has 2 N–H and O–H groups in total. The summed E-state index contributed by atoms with van der Waals surface area (Å²) in [6, 6.07) is 12.7. The van der Waals surface area contributed by atoms with Gasteiger partial charge in [0.15, 0.2) is 5.11 Å². The van der Waals surface area contributed by atoms with Crippen LogP contribution in [0, 0.1) is 6.92 Å². The van der Waals surface area contributed by atoms with Crippen molar-refractivity contribution in [3.8, 4) is 0 Å². The fraction of sp³-hybridized carbons (Fsp3) is 0.200. The molecule has 1 aliphatic heterocycles. The zero-order valence-electron chi connectivity index (χ0n) is 15.8. The number of carbonyl (C=O) groups is 3. The van der Waals surface area contributed by atoms with Crippen LogP contribution < -0.4 is 10.7 Å². The normalized spacial score (nSPS) is 16.2. The number of hydrazine groups is 1. The lowest BCUT2D eigenvalue weighted by Crippen LogP contribution is -2.49. The van der Waals surface area contributed by atoms with Crippen LogP contribution in [0.4, 0.5) is 5.69 Å². The summed E-state index contributed by atoms with van der Waals surface area (Å²) in [5.41, 5.74) is 4.60. The van der Waals surface area contributed by atoms with Crippen molar-refractivity contribution in [1.82, 2.24) is 15.3 Å². The molecule has 2 aromatic rings. The summed E-state index contributed by atoms with van der Waals surface area (Å²) >= 11 is 11.1. The first kappa shape index (κ1) is 20.8. The van der Waals surface area contributed by atoms with Crippen LogP contribution in [0.15, 0.2) is 48.5 Å². The standard InChI is InChI=1S/C20H19ClN4O3S/c1-12-4-3-5-15(10-12)22-17(26)11-16-19(28)24(2)20(29)25(16)23-18(27)13-6-8-14(21)9-7-13/h3-10,16H,11H2,1-2H3,(H,22,26)(H,23,27). The third-order valence-corrected chi connectivity index (χ3v) is 5.15. The van der Waals surface area contributed by atoms with Gasteiger partial charge in [-0.15, -0.1) is 0 Å². The minimum atomic E-state index is -0.937. The third kappa shape index (κ3) is 4.72. The maximum absolute atomic E-state index is 12.6. The van der Waals surface area contributed by atoms with E-state index in [0.717, 1.165) is 5.56 Å². The van der Waals surface area contributed by atoms with Gasteiger partial charge in [-0.25, -0.2) is 5.01 Å². The van der Waals surface area contributed by atoms with Crippen molar-refractivity contribution in [1.29, 1.82) is 0 Å². The Labute approximate surface area is 178 Å². The second kappa shape index (κ2) is 8.59. The summed E-state index contributed by atoms with van der Waals surface area (Å²) in [5.74, 6) is -1.19. The number of nitrogens with one attached hydrogen (secondary N) is 2. The molecule has 1 aliphatic rings. The lowest BCUT2D eigenvalue weighted by Gasteiger charge is -2.24. The second-order valence-electron chi connectivity index (χ2n) is 6.64. The Hall–Kier alpha value is -2.97. The van der Waals surface area contributed by atoms with Crippen LogP contribution in [0.25, 0.3) is 0 Å². The van der Waals surface area contributed by atoms with Crippen LogP contribution in [0.5, 0.6) is 0 Å². The Morgan fingerprint density at radius 1 is 1.17 bits per heavy atom. The lowest BCUT2D eigenvalue weighted by molar-refractivity contribution is -0.130. The van der Waals surface area contributed by atoms with E-state index in [2.05, 4.69) is 10.7 Å². The van der Waals surface area contributed by atoms with Gasteiger partial charge >= 0.3 is 0 Å². The molecule has 0 spiro atoms. The van der Waals surface area contributed by atoms with Crippen molar-refractivity contribution in [2.75, 3.05) is 12.4 Å². The SMILES string of the molecule is Cc1cccc(NC(=O)CC2C(=O)N(C)C(=S)N2NC(=O)c2ccc(Cl)cc2)c1. The first-order valence-electron chi connectivity index (χ1n) is 8.80. The van der Waals surface area contributed by atoms with Crippen molar-refractivity contribution in [3.63, 3.8) is 0 Å². The van der Waals surface area contributed by atoms with Crippen LogP contribution in [-0.2, 0) is 9.59 Å². The Morgan fingerprint density at radius 2 is 1.86 bits per heavy atom. The number of likely N-dealkylation sites (N-methyl/N-ethyl adjacent to an activating group) is 1. The Bertz CT molecular complexity index is 980. The summed E-state index contributed by atoms with van der Waals surface area (Å²) in [7, 11) is 1.50. The topological polar surface area (TPSA) is 81.8 Å². The molecule has 0 radical (unpaired) electrons. The molecule has 29 heavy (non-hydrogen) atoms. The molecule has 0 aromatic heterocycles.